The van der Waals surface area contributed by atoms with Gasteiger partial charge < -0.3 is 4.74 Å². The van der Waals surface area contributed by atoms with Gasteiger partial charge in [-0.1, -0.05) is 29.8 Å². The number of sulfonamides is 1. The zero-order chi connectivity index (χ0) is 17.0. The Hall–Kier alpha value is -1.85. The molecule has 2 rings (SSSR count). The number of ether oxygens (including phenoxy) is 1. The highest BCUT2D eigenvalue weighted by atomic mass is 32.2. The van der Waals surface area contributed by atoms with Crippen LogP contribution in [0, 0.1) is 20.8 Å². The predicted molar refractivity (Wildman–Crippen MR) is 92.3 cm³/mol. The molecule has 0 aliphatic rings. The maximum absolute atomic E-state index is 12.6. The Morgan fingerprint density at radius 2 is 1.70 bits per heavy atom. The van der Waals surface area contributed by atoms with E-state index in [1.807, 2.05) is 64.1 Å². The van der Waals surface area contributed by atoms with Crippen molar-refractivity contribution < 1.29 is 13.2 Å². The Balaban J connectivity index is 2.21. The number of hydrogen-bond donors (Lipinski definition) is 1. The van der Waals surface area contributed by atoms with Crippen LogP contribution in [0.25, 0.3) is 0 Å². The molecule has 0 heterocycles. The van der Waals surface area contributed by atoms with Crippen molar-refractivity contribution in [2.45, 2.75) is 39.1 Å². The molecule has 0 bridgehead atoms. The summed E-state index contributed by atoms with van der Waals surface area (Å²) in [5, 5.41) is 0. The lowest BCUT2D eigenvalue weighted by molar-refractivity contribution is 0.340. The second-order valence-corrected chi connectivity index (χ2v) is 7.34. The third-order valence-electron chi connectivity index (χ3n) is 3.55. The minimum atomic E-state index is -3.55. The van der Waals surface area contributed by atoms with Crippen molar-refractivity contribution in [3.63, 3.8) is 0 Å². The SMILES string of the molecule is CCOc1cccc(CNS(=O)(=O)c2c(C)cc(C)cc2C)c1. The maximum Gasteiger partial charge on any atom is 0.241 e. The van der Waals surface area contributed by atoms with Gasteiger partial charge in [-0.05, 0) is 56.5 Å². The first-order valence-electron chi connectivity index (χ1n) is 7.62. The van der Waals surface area contributed by atoms with E-state index < -0.39 is 10.0 Å². The van der Waals surface area contributed by atoms with Crippen LogP contribution in [-0.2, 0) is 16.6 Å². The fourth-order valence-electron chi connectivity index (χ4n) is 2.75. The molecule has 0 saturated carbocycles. The van der Waals surface area contributed by atoms with Crippen LogP contribution in [-0.4, -0.2) is 15.0 Å². The van der Waals surface area contributed by atoms with Crippen molar-refractivity contribution in [3.05, 3.63) is 58.7 Å². The van der Waals surface area contributed by atoms with E-state index >= 15 is 0 Å². The monoisotopic (exact) mass is 333 g/mol. The van der Waals surface area contributed by atoms with Gasteiger partial charge in [-0.25, -0.2) is 13.1 Å². The van der Waals surface area contributed by atoms with Crippen molar-refractivity contribution >= 4 is 10.0 Å². The minimum Gasteiger partial charge on any atom is -0.494 e. The summed E-state index contributed by atoms with van der Waals surface area (Å²) in [6.45, 7) is 8.34. The van der Waals surface area contributed by atoms with E-state index in [2.05, 4.69) is 4.72 Å². The van der Waals surface area contributed by atoms with Gasteiger partial charge in [-0.15, -0.1) is 0 Å². The van der Waals surface area contributed by atoms with Crippen molar-refractivity contribution in [1.29, 1.82) is 0 Å². The molecule has 2 aromatic carbocycles. The molecule has 0 unspecified atom stereocenters. The first-order valence-corrected chi connectivity index (χ1v) is 9.11. The molecule has 0 aliphatic heterocycles. The molecule has 1 N–H and O–H groups in total. The summed E-state index contributed by atoms with van der Waals surface area (Å²) < 4.78 is 33.4. The number of nitrogens with one attached hydrogen (secondary N) is 1. The summed E-state index contributed by atoms with van der Waals surface area (Å²) in [6, 6.07) is 11.2. The average molecular weight is 333 g/mol. The first kappa shape index (κ1) is 17.5. The van der Waals surface area contributed by atoms with Gasteiger partial charge in [0.25, 0.3) is 0 Å². The number of rotatable bonds is 6. The summed E-state index contributed by atoms with van der Waals surface area (Å²) in [4.78, 5) is 0.365. The Labute approximate surface area is 138 Å². The highest BCUT2D eigenvalue weighted by Gasteiger charge is 2.19. The van der Waals surface area contributed by atoms with Crippen molar-refractivity contribution in [3.8, 4) is 5.75 Å². The van der Waals surface area contributed by atoms with Gasteiger partial charge in [0.1, 0.15) is 5.75 Å². The summed E-state index contributed by atoms with van der Waals surface area (Å²) in [5.41, 5.74) is 3.45. The zero-order valence-corrected chi connectivity index (χ0v) is 14.8. The molecule has 0 saturated heterocycles. The van der Waals surface area contributed by atoms with E-state index in [0.29, 0.717) is 11.5 Å². The van der Waals surface area contributed by atoms with Crippen LogP contribution in [0.1, 0.15) is 29.2 Å². The van der Waals surface area contributed by atoms with Gasteiger partial charge in [0.05, 0.1) is 11.5 Å². The molecular weight excluding hydrogens is 310 g/mol. The van der Waals surface area contributed by atoms with Crippen molar-refractivity contribution in [1.82, 2.24) is 4.72 Å². The minimum absolute atomic E-state index is 0.232. The maximum atomic E-state index is 12.6. The van der Waals surface area contributed by atoms with E-state index in [-0.39, 0.29) is 6.54 Å². The lowest BCUT2D eigenvalue weighted by atomic mass is 10.1. The summed E-state index contributed by atoms with van der Waals surface area (Å²) in [7, 11) is -3.55. The highest BCUT2D eigenvalue weighted by molar-refractivity contribution is 7.89. The van der Waals surface area contributed by atoms with Crippen LogP contribution in [0.2, 0.25) is 0 Å². The molecule has 0 amide bonds. The summed E-state index contributed by atoms with van der Waals surface area (Å²) >= 11 is 0. The number of aryl methyl sites for hydroxylation is 3. The Morgan fingerprint density at radius 3 is 2.30 bits per heavy atom. The molecular formula is C18H23NO3S. The van der Waals surface area contributed by atoms with E-state index in [1.165, 1.54) is 0 Å². The molecule has 0 fully saturated rings. The fraction of sp³-hybridized carbons (Fsp3) is 0.333. The smallest absolute Gasteiger partial charge is 0.241 e. The molecule has 0 aromatic heterocycles. The number of benzene rings is 2. The quantitative estimate of drug-likeness (QED) is 0.880. The molecule has 5 heteroatoms. The van der Waals surface area contributed by atoms with Crippen LogP contribution < -0.4 is 9.46 Å². The Morgan fingerprint density at radius 1 is 1.04 bits per heavy atom. The molecule has 0 atom stereocenters. The highest BCUT2D eigenvalue weighted by Crippen LogP contribution is 2.22. The fourth-order valence-corrected chi connectivity index (χ4v) is 4.22. The van der Waals surface area contributed by atoms with E-state index in [4.69, 9.17) is 4.74 Å². The van der Waals surface area contributed by atoms with Crippen LogP contribution in [0.5, 0.6) is 5.75 Å². The van der Waals surface area contributed by atoms with E-state index in [1.54, 1.807) is 0 Å². The normalized spacial score (nSPS) is 11.5. The average Bonchev–Trinajstić information content (AvgIpc) is 2.44. The first-order chi connectivity index (χ1) is 10.8. The molecule has 0 radical (unpaired) electrons. The van der Waals surface area contributed by atoms with Crippen LogP contribution in [0.4, 0.5) is 0 Å². The molecule has 4 nitrogen and oxygen atoms in total. The molecule has 124 valence electrons. The third-order valence-corrected chi connectivity index (χ3v) is 5.25. The van der Waals surface area contributed by atoms with E-state index in [9.17, 15) is 8.42 Å². The lowest BCUT2D eigenvalue weighted by Crippen LogP contribution is -2.25. The second-order valence-electron chi connectivity index (χ2n) is 5.63. The third kappa shape index (κ3) is 4.33. The van der Waals surface area contributed by atoms with Crippen molar-refractivity contribution in [2.75, 3.05) is 6.61 Å². The largest absolute Gasteiger partial charge is 0.494 e. The van der Waals surface area contributed by atoms with Crippen LogP contribution in [0.3, 0.4) is 0 Å². The Kier molecular flexibility index (Phi) is 5.44. The predicted octanol–water partition coefficient (Wildman–Crippen LogP) is 3.49. The van der Waals surface area contributed by atoms with E-state index in [0.717, 1.165) is 28.0 Å². The van der Waals surface area contributed by atoms with Gasteiger partial charge in [-0.3, -0.25) is 0 Å². The zero-order valence-electron chi connectivity index (χ0n) is 14.0. The standard InChI is InChI=1S/C18H23NO3S/c1-5-22-17-8-6-7-16(11-17)12-19-23(20,21)18-14(3)9-13(2)10-15(18)4/h6-11,19H,5,12H2,1-4H3. The summed E-state index contributed by atoms with van der Waals surface area (Å²) in [5.74, 6) is 0.742. The van der Waals surface area contributed by atoms with Gasteiger partial charge in [0.15, 0.2) is 0 Å². The summed E-state index contributed by atoms with van der Waals surface area (Å²) in [6.07, 6.45) is 0. The van der Waals surface area contributed by atoms with Gasteiger partial charge in [-0.2, -0.15) is 0 Å². The van der Waals surface area contributed by atoms with Gasteiger partial charge >= 0.3 is 0 Å². The second kappa shape index (κ2) is 7.15. The van der Waals surface area contributed by atoms with Crippen molar-refractivity contribution in [2.24, 2.45) is 0 Å². The lowest BCUT2D eigenvalue weighted by Gasteiger charge is -2.13. The van der Waals surface area contributed by atoms with Gasteiger partial charge in [0.2, 0.25) is 10.0 Å². The number of hydrogen-bond acceptors (Lipinski definition) is 3. The topological polar surface area (TPSA) is 55.4 Å². The molecule has 2 aromatic rings. The van der Waals surface area contributed by atoms with Gasteiger partial charge in [0, 0.05) is 6.54 Å². The van der Waals surface area contributed by atoms with Crippen LogP contribution in [0.15, 0.2) is 41.3 Å². The molecule has 0 aliphatic carbocycles. The molecule has 0 spiro atoms. The molecule has 23 heavy (non-hydrogen) atoms. The Bertz CT molecular complexity index is 775. The van der Waals surface area contributed by atoms with Crippen LogP contribution >= 0.6 is 0 Å².